The SMILES string of the molecule is CCc1nn(CC)c(CC(N)c2ccoc2CC)c1Cl. The topological polar surface area (TPSA) is 57.0 Å². The molecule has 5 heteroatoms. The van der Waals surface area contributed by atoms with E-state index in [1.165, 1.54) is 0 Å². The highest BCUT2D eigenvalue weighted by Gasteiger charge is 2.20. The maximum absolute atomic E-state index is 6.43. The second-order valence-electron chi connectivity index (χ2n) is 4.84. The summed E-state index contributed by atoms with van der Waals surface area (Å²) in [6.07, 6.45) is 4.05. The molecule has 0 bridgehead atoms. The van der Waals surface area contributed by atoms with Crippen molar-refractivity contribution in [3.05, 3.63) is 40.1 Å². The smallest absolute Gasteiger partial charge is 0.108 e. The molecule has 0 fully saturated rings. The number of aromatic nitrogens is 2. The van der Waals surface area contributed by atoms with Crippen molar-refractivity contribution in [2.45, 2.75) is 52.6 Å². The van der Waals surface area contributed by atoms with Crippen LogP contribution in [-0.4, -0.2) is 9.78 Å². The quantitative estimate of drug-likeness (QED) is 0.887. The van der Waals surface area contributed by atoms with Gasteiger partial charge >= 0.3 is 0 Å². The standard InChI is InChI=1S/C15H22ClN3O/c1-4-12-15(16)13(19(6-3)18-12)9-11(17)10-7-8-20-14(10)5-2/h7-8,11H,4-6,9,17H2,1-3H3. The summed E-state index contributed by atoms with van der Waals surface area (Å²) < 4.78 is 7.40. The summed E-state index contributed by atoms with van der Waals surface area (Å²) in [5, 5.41) is 5.29. The first kappa shape index (κ1) is 15.1. The number of hydrogen-bond donors (Lipinski definition) is 1. The van der Waals surface area contributed by atoms with Crippen molar-refractivity contribution in [2.75, 3.05) is 0 Å². The van der Waals surface area contributed by atoms with Crippen molar-refractivity contribution < 1.29 is 4.42 Å². The van der Waals surface area contributed by atoms with E-state index >= 15 is 0 Å². The molecular weight excluding hydrogens is 274 g/mol. The Bertz CT molecular complexity index is 574. The van der Waals surface area contributed by atoms with Gasteiger partial charge in [0, 0.05) is 31.0 Å². The molecule has 2 N–H and O–H groups in total. The molecule has 0 aliphatic heterocycles. The third-order valence-corrected chi connectivity index (χ3v) is 4.04. The minimum Gasteiger partial charge on any atom is -0.469 e. The molecule has 0 aromatic carbocycles. The zero-order valence-electron chi connectivity index (χ0n) is 12.3. The Labute approximate surface area is 124 Å². The molecule has 0 saturated carbocycles. The molecule has 2 aromatic heterocycles. The lowest BCUT2D eigenvalue weighted by Gasteiger charge is -2.13. The van der Waals surface area contributed by atoms with Crippen LogP contribution in [0.5, 0.6) is 0 Å². The molecule has 1 atom stereocenters. The molecule has 0 aliphatic rings. The number of nitrogens with zero attached hydrogens (tertiary/aromatic N) is 2. The van der Waals surface area contributed by atoms with Crippen molar-refractivity contribution in [1.29, 1.82) is 0 Å². The number of nitrogens with two attached hydrogens (primary N) is 1. The number of aryl methyl sites for hydroxylation is 3. The molecule has 0 saturated heterocycles. The molecular formula is C15H22ClN3O. The lowest BCUT2D eigenvalue weighted by Crippen LogP contribution is -2.17. The van der Waals surface area contributed by atoms with Gasteiger partial charge in [0.15, 0.2) is 0 Å². The van der Waals surface area contributed by atoms with Gasteiger partial charge in [0.2, 0.25) is 0 Å². The Morgan fingerprint density at radius 2 is 2.10 bits per heavy atom. The molecule has 0 amide bonds. The molecule has 2 heterocycles. The van der Waals surface area contributed by atoms with Crippen molar-refractivity contribution in [3.63, 3.8) is 0 Å². The van der Waals surface area contributed by atoms with Gasteiger partial charge in [-0.15, -0.1) is 0 Å². The van der Waals surface area contributed by atoms with Crippen LogP contribution < -0.4 is 5.73 Å². The molecule has 1 unspecified atom stereocenters. The first-order chi connectivity index (χ1) is 9.62. The van der Waals surface area contributed by atoms with Gasteiger partial charge in [-0.25, -0.2) is 0 Å². The van der Waals surface area contributed by atoms with Crippen molar-refractivity contribution in [3.8, 4) is 0 Å². The Hall–Kier alpha value is -1.26. The summed E-state index contributed by atoms with van der Waals surface area (Å²) in [7, 11) is 0. The van der Waals surface area contributed by atoms with Crippen LogP contribution in [0.15, 0.2) is 16.7 Å². The van der Waals surface area contributed by atoms with Gasteiger partial charge in [-0.05, 0) is 19.4 Å². The minimum atomic E-state index is -0.118. The van der Waals surface area contributed by atoms with Crippen LogP contribution in [0, 0.1) is 0 Å². The largest absolute Gasteiger partial charge is 0.469 e. The van der Waals surface area contributed by atoms with Crippen LogP contribution in [0.4, 0.5) is 0 Å². The van der Waals surface area contributed by atoms with E-state index in [1.807, 2.05) is 10.7 Å². The van der Waals surface area contributed by atoms with E-state index in [0.717, 1.165) is 47.1 Å². The third-order valence-electron chi connectivity index (χ3n) is 3.61. The maximum atomic E-state index is 6.43. The van der Waals surface area contributed by atoms with Gasteiger partial charge in [-0.1, -0.05) is 25.4 Å². The van der Waals surface area contributed by atoms with Crippen LogP contribution >= 0.6 is 11.6 Å². The van der Waals surface area contributed by atoms with Gasteiger partial charge in [0.25, 0.3) is 0 Å². The summed E-state index contributed by atoms with van der Waals surface area (Å²) in [4.78, 5) is 0. The van der Waals surface area contributed by atoms with Gasteiger partial charge < -0.3 is 10.2 Å². The Morgan fingerprint density at radius 3 is 2.70 bits per heavy atom. The summed E-state index contributed by atoms with van der Waals surface area (Å²) in [6, 6.07) is 1.83. The maximum Gasteiger partial charge on any atom is 0.108 e. The normalized spacial score (nSPS) is 12.8. The second-order valence-corrected chi connectivity index (χ2v) is 5.22. The monoisotopic (exact) mass is 295 g/mol. The number of halogens is 1. The number of furan rings is 1. The van der Waals surface area contributed by atoms with E-state index in [0.29, 0.717) is 6.42 Å². The minimum absolute atomic E-state index is 0.118. The molecule has 20 heavy (non-hydrogen) atoms. The predicted molar refractivity (Wildman–Crippen MR) is 81.0 cm³/mol. The zero-order chi connectivity index (χ0) is 14.7. The van der Waals surface area contributed by atoms with Crippen molar-refractivity contribution in [2.24, 2.45) is 5.73 Å². The zero-order valence-corrected chi connectivity index (χ0v) is 13.1. The third kappa shape index (κ3) is 2.76. The highest BCUT2D eigenvalue weighted by molar-refractivity contribution is 6.31. The first-order valence-electron chi connectivity index (χ1n) is 7.18. The van der Waals surface area contributed by atoms with E-state index in [4.69, 9.17) is 21.8 Å². The fraction of sp³-hybridized carbons (Fsp3) is 0.533. The van der Waals surface area contributed by atoms with E-state index in [-0.39, 0.29) is 6.04 Å². The summed E-state index contributed by atoms with van der Waals surface area (Å²) in [5.74, 6) is 0.951. The predicted octanol–water partition coefficient (Wildman–Crippen LogP) is 3.52. The molecule has 2 aromatic rings. The van der Waals surface area contributed by atoms with E-state index < -0.39 is 0 Å². The van der Waals surface area contributed by atoms with Crippen LogP contribution in [-0.2, 0) is 25.8 Å². The molecule has 0 spiro atoms. The van der Waals surface area contributed by atoms with E-state index in [9.17, 15) is 0 Å². The van der Waals surface area contributed by atoms with Crippen LogP contribution in [0.25, 0.3) is 0 Å². The van der Waals surface area contributed by atoms with Gasteiger partial charge in [-0.2, -0.15) is 5.10 Å². The van der Waals surface area contributed by atoms with E-state index in [2.05, 4.69) is 25.9 Å². The van der Waals surface area contributed by atoms with Crippen molar-refractivity contribution >= 4 is 11.6 Å². The van der Waals surface area contributed by atoms with Crippen LogP contribution in [0.2, 0.25) is 5.02 Å². The lowest BCUT2D eigenvalue weighted by atomic mass is 10.0. The molecule has 2 rings (SSSR count). The van der Waals surface area contributed by atoms with Gasteiger partial charge in [0.1, 0.15) is 5.76 Å². The Morgan fingerprint density at radius 1 is 1.35 bits per heavy atom. The average molecular weight is 296 g/mol. The van der Waals surface area contributed by atoms with Gasteiger partial charge in [0.05, 0.1) is 22.7 Å². The first-order valence-corrected chi connectivity index (χ1v) is 7.55. The number of rotatable bonds is 6. The second kappa shape index (κ2) is 6.46. The highest BCUT2D eigenvalue weighted by atomic mass is 35.5. The fourth-order valence-corrected chi connectivity index (χ4v) is 2.84. The van der Waals surface area contributed by atoms with Crippen molar-refractivity contribution in [1.82, 2.24) is 9.78 Å². The average Bonchev–Trinajstić information content (AvgIpc) is 3.04. The lowest BCUT2D eigenvalue weighted by molar-refractivity contribution is 0.503. The molecule has 0 radical (unpaired) electrons. The van der Waals surface area contributed by atoms with Crippen LogP contribution in [0.1, 0.15) is 49.5 Å². The molecule has 0 aliphatic carbocycles. The Balaban J connectivity index is 2.27. The Kier molecular flexibility index (Phi) is 4.89. The highest BCUT2D eigenvalue weighted by Crippen LogP contribution is 2.27. The van der Waals surface area contributed by atoms with E-state index in [1.54, 1.807) is 6.26 Å². The number of hydrogen-bond acceptors (Lipinski definition) is 3. The van der Waals surface area contributed by atoms with Gasteiger partial charge in [-0.3, -0.25) is 4.68 Å². The fourth-order valence-electron chi connectivity index (χ4n) is 2.50. The molecule has 4 nitrogen and oxygen atoms in total. The molecule has 110 valence electrons. The summed E-state index contributed by atoms with van der Waals surface area (Å²) in [6.45, 7) is 6.98. The summed E-state index contributed by atoms with van der Waals surface area (Å²) in [5.41, 5.74) is 9.35. The summed E-state index contributed by atoms with van der Waals surface area (Å²) >= 11 is 6.43. The van der Waals surface area contributed by atoms with Crippen LogP contribution in [0.3, 0.4) is 0 Å².